The van der Waals surface area contributed by atoms with Crippen LogP contribution in [-0.2, 0) is 18.4 Å². The Hall–Kier alpha value is -1.54. The highest BCUT2D eigenvalue weighted by Gasteiger charge is 2.14. The average molecular weight is 370 g/mol. The van der Waals surface area contributed by atoms with Gasteiger partial charge in [0.05, 0.1) is 5.75 Å². The van der Waals surface area contributed by atoms with Gasteiger partial charge in [-0.3, -0.25) is 9.36 Å². The summed E-state index contributed by atoms with van der Waals surface area (Å²) in [5, 5.41) is 8.31. The fourth-order valence-electron chi connectivity index (χ4n) is 1.66. The highest BCUT2D eigenvalue weighted by atomic mass is 79.9. The van der Waals surface area contributed by atoms with E-state index in [4.69, 9.17) is 5.73 Å². The number of thioether (sulfide) groups is 1. The van der Waals surface area contributed by atoms with Gasteiger partial charge in [-0.2, -0.15) is 0 Å². The number of halogens is 1. The number of nitrogens with zero attached hydrogens (tertiary/aromatic N) is 4. The smallest absolute Gasteiger partial charge is 0.233 e. The van der Waals surface area contributed by atoms with Gasteiger partial charge in [-0.25, -0.2) is 0 Å². The topological polar surface area (TPSA) is 77.0 Å². The van der Waals surface area contributed by atoms with E-state index < -0.39 is 0 Å². The van der Waals surface area contributed by atoms with Crippen LogP contribution in [0.25, 0.3) is 0 Å². The molecular weight excluding hydrogens is 354 g/mol. The molecule has 21 heavy (non-hydrogen) atoms. The molecule has 0 radical (unpaired) electrons. The molecule has 0 aliphatic heterocycles. The van der Waals surface area contributed by atoms with Crippen LogP contribution in [0.15, 0.2) is 33.9 Å². The quantitative estimate of drug-likeness (QED) is 0.814. The van der Waals surface area contributed by atoms with Crippen molar-refractivity contribution >= 4 is 39.5 Å². The number of rotatable bonds is 5. The summed E-state index contributed by atoms with van der Waals surface area (Å²) in [5.74, 6) is 0.663. The summed E-state index contributed by atoms with van der Waals surface area (Å²) < 4.78 is 2.66. The van der Waals surface area contributed by atoms with Crippen LogP contribution in [0, 0.1) is 0 Å². The number of amides is 1. The Morgan fingerprint density at radius 2 is 2.14 bits per heavy atom. The van der Waals surface area contributed by atoms with Gasteiger partial charge in [0.2, 0.25) is 11.9 Å². The first-order valence-corrected chi connectivity index (χ1v) is 8.02. The van der Waals surface area contributed by atoms with E-state index in [0.29, 0.717) is 23.4 Å². The van der Waals surface area contributed by atoms with Crippen molar-refractivity contribution in [1.29, 1.82) is 0 Å². The fraction of sp³-hybridized carbons (Fsp3) is 0.308. The Labute approximate surface area is 135 Å². The van der Waals surface area contributed by atoms with Gasteiger partial charge < -0.3 is 10.6 Å². The molecule has 1 heterocycles. The number of nitrogens with two attached hydrogens (primary N) is 1. The Morgan fingerprint density at radius 3 is 2.76 bits per heavy atom. The first-order valence-electron chi connectivity index (χ1n) is 6.24. The maximum Gasteiger partial charge on any atom is 0.233 e. The molecule has 2 rings (SSSR count). The highest BCUT2D eigenvalue weighted by Crippen LogP contribution is 2.19. The van der Waals surface area contributed by atoms with Crippen LogP contribution >= 0.6 is 27.7 Å². The number of carbonyl (C=O) groups is 1. The van der Waals surface area contributed by atoms with Crippen LogP contribution in [-0.4, -0.2) is 38.4 Å². The molecule has 0 spiro atoms. The van der Waals surface area contributed by atoms with E-state index in [0.717, 1.165) is 10.0 Å². The van der Waals surface area contributed by atoms with Gasteiger partial charge in [0.25, 0.3) is 0 Å². The van der Waals surface area contributed by atoms with E-state index in [1.807, 2.05) is 24.3 Å². The average Bonchev–Trinajstić information content (AvgIpc) is 2.78. The summed E-state index contributed by atoms with van der Waals surface area (Å²) in [5.41, 5.74) is 6.67. The molecule has 1 aromatic heterocycles. The number of hydrogen-bond acceptors (Lipinski definition) is 5. The van der Waals surface area contributed by atoms with Gasteiger partial charge in [-0.15, -0.1) is 10.2 Å². The van der Waals surface area contributed by atoms with Crippen molar-refractivity contribution in [3.05, 3.63) is 34.3 Å². The van der Waals surface area contributed by atoms with Gasteiger partial charge >= 0.3 is 0 Å². The van der Waals surface area contributed by atoms with Gasteiger partial charge in [0, 0.05) is 25.1 Å². The van der Waals surface area contributed by atoms with Gasteiger partial charge in [0.15, 0.2) is 5.16 Å². The number of benzene rings is 1. The molecule has 0 aliphatic carbocycles. The van der Waals surface area contributed by atoms with E-state index in [-0.39, 0.29) is 5.91 Å². The van der Waals surface area contributed by atoms with Crippen LogP contribution in [0.5, 0.6) is 0 Å². The molecule has 2 N–H and O–H groups in total. The maximum atomic E-state index is 12.2. The molecule has 0 saturated heterocycles. The molecule has 0 aliphatic rings. The van der Waals surface area contributed by atoms with Crippen molar-refractivity contribution in [3.8, 4) is 0 Å². The van der Waals surface area contributed by atoms with E-state index in [1.54, 1.807) is 23.6 Å². The lowest BCUT2D eigenvalue weighted by atomic mass is 10.2. The summed E-state index contributed by atoms with van der Waals surface area (Å²) in [6, 6.07) is 7.86. The zero-order valence-electron chi connectivity index (χ0n) is 11.8. The lowest BCUT2D eigenvalue weighted by Gasteiger charge is -2.17. The lowest BCUT2D eigenvalue weighted by molar-refractivity contribution is -0.127. The fourth-order valence-corrected chi connectivity index (χ4v) is 2.93. The van der Waals surface area contributed by atoms with Gasteiger partial charge in [-0.1, -0.05) is 45.9 Å². The normalized spacial score (nSPS) is 10.6. The first-order chi connectivity index (χ1) is 9.99. The molecule has 8 heteroatoms. The Kier molecular flexibility index (Phi) is 5.24. The summed E-state index contributed by atoms with van der Waals surface area (Å²) in [4.78, 5) is 13.8. The van der Waals surface area contributed by atoms with Crippen molar-refractivity contribution in [2.45, 2.75) is 11.7 Å². The molecule has 0 unspecified atom stereocenters. The molecule has 112 valence electrons. The molecular formula is C13H16BrN5OS. The standard InChI is InChI=1S/C13H16BrN5OS/c1-18(7-9-5-3-4-6-10(9)14)11(20)8-21-13-17-16-12(15)19(13)2/h3-6H,7-8H2,1-2H3,(H2,15,16). The number of anilines is 1. The molecule has 1 aromatic carbocycles. The first kappa shape index (κ1) is 15.8. The largest absolute Gasteiger partial charge is 0.368 e. The summed E-state index contributed by atoms with van der Waals surface area (Å²) >= 11 is 4.81. The van der Waals surface area contributed by atoms with Crippen LogP contribution in [0.1, 0.15) is 5.56 Å². The minimum Gasteiger partial charge on any atom is -0.368 e. The number of hydrogen-bond donors (Lipinski definition) is 1. The van der Waals surface area contributed by atoms with Crippen molar-refractivity contribution in [2.75, 3.05) is 18.5 Å². The molecule has 0 atom stereocenters. The Balaban J connectivity index is 1.91. The van der Waals surface area contributed by atoms with Crippen molar-refractivity contribution in [2.24, 2.45) is 7.05 Å². The second kappa shape index (κ2) is 6.95. The second-order valence-corrected chi connectivity index (χ2v) is 6.33. The monoisotopic (exact) mass is 369 g/mol. The van der Waals surface area contributed by atoms with E-state index in [9.17, 15) is 4.79 Å². The van der Waals surface area contributed by atoms with Gasteiger partial charge in [-0.05, 0) is 11.6 Å². The predicted molar refractivity (Wildman–Crippen MR) is 86.8 cm³/mol. The summed E-state index contributed by atoms with van der Waals surface area (Å²) in [6.07, 6.45) is 0. The second-order valence-electron chi connectivity index (χ2n) is 4.53. The minimum absolute atomic E-state index is 0.0253. The van der Waals surface area contributed by atoms with Crippen LogP contribution in [0.4, 0.5) is 5.95 Å². The maximum absolute atomic E-state index is 12.2. The predicted octanol–water partition coefficient (Wildman–Crippen LogP) is 1.91. The minimum atomic E-state index is 0.0253. The van der Waals surface area contributed by atoms with Crippen LogP contribution in [0.2, 0.25) is 0 Å². The SMILES string of the molecule is CN(Cc1ccccc1Br)C(=O)CSc1nnc(N)n1C. The number of aromatic nitrogens is 3. The zero-order chi connectivity index (χ0) is 15.4. The van der Waals surface area contributed by atoms with E-state index in [2.05, 4.69) is 26.1 Å². The van der Waals surface area contributed by atoms with Crippen molar-refractivity contribution in [3.63, 3.8) is 0 Å². The van der Waals surface area contributed by atoms with Gasteiger partial charge in [0.1, 0.15) is 0 Å². The molecule has 0 saturated carbocycles. The molecule has 6 nitrogen and oxygen atoms in total. The van der Waals surface area contributed by atoms with Crippen LogP contribution < -0.4 is 5.73 Å². The Morgan fingerprint density at radius 1 is 1.43 bits per heavy atom. The van der Waals surface area contributed by atoms with E-state index >= 15 is 0 Å². The van der Waals surface area contributed by atoms with Crippen LogP contribution in [0.3, 0.4) is 0 Å². The highest BCUT2D eigenvalue weighted by molar-refractivity contribution is 9.10. The third-order valence-electron chi connectivity index (χ3n) is 2.98. The van der Waals surface area contributed by atoms with Crippen molar-refractivity contribution < 1.29 is 4.79 Å². The third-order valence-corrected chi connectivity index (χ3v) is 4.76. The molecule has 0 bridgehead atoms. The molecule has 2 aromatic rings. The third kappa shape index (κ3) is 3.98. The summed E-state index contributed by atoms with van der Waals surface area (Å²) in [7, 11) is 3.56. The Bertz CT molecular complexity index is 645. The molecule has 0 fully saturated rings. The lowest BCUT2D eigenvalue weighted by Crippen LogP contribution is -2.28. The van der Waals surface area contributed by atoms with E-state index in [1.165, 1.54) is 11.8 Å². The molecule has 1 amide bonds. The number of nitrogen functional groups attached to an aromatic ring is 1. The zero-order valence-corrected chi connectivity index (χ0v) is 14.2. The van der Waals surface area contributed by atoms with Crippen molar-refractivity contribution in [1.82, 2.24) is 19.7 Å². The number of carbonyl (C=O) groups excluding carboxylic acids is 1. The summed E-state index contributed by atoms with van der Waals surface area (Å²) in [6.45, 7) is 0.557.